The zero-order valence-electron chi connectivity index (χ0n) is 15.0. The van der Waals surface area contributed by atoms with Crippen LogP contribution in [0, 0.1) is 10.1 Å². The number of non-ortho nitro benzene ring substituents is 1. The minimum atomic E-state index is -0.400. The van der Waals surface area contributed by atoms with Crippen molar-refractivity contribution >= 4 is 40.0 Å². The predicted molar refractivity (Wildman–Crippen MR) is 111 cm³/mol. The fourth-order valence-electron chi connectivity index (χ4n) is 3.17. The molecule has 0 unspecified atom stereocenters. The van der Waals surface area contributed by atoms with E-state index in [1.54, 1.807) is 34.8 Å². The van der Waals surface area contributed by atoms with Crippen molar-refractivity contribution in [2.45, 2.75) is 6.42 Å². The molecule has 1 saturated heterocycles. The summed E-state index contributed by atoms with van der Waals surface area (Å²) in [6.07, 6.45) is 0.319. The van der Waals surface area contributed by atoms with Crippen LogP contribution in [-0.4, -0.2) is 46.9 Å². The molecular weight excluding hydrogens is 396 g/mol. The molecule has 0 radical (unpaired) electrons. The number of rotatable bonds is 5. The van der Waals surface area contributed by atoms with Gasteiger partial charge in [0.05, 0.1) is 21.9 Å². The maximum Gasteiger partial charge on any atom is 0.269 e. The van der Waals surface area contributed by atoms with E-state index in [4.69, 9.17) is 0 Å². The number of piperazine rings is 1. The lowest BCUT2D eigenvalue weighted by molar-refractivity contribution is -0.384. The molecule has 3 heterocycles. The zero-order valence-corrected chi connectivity index (χ0v) is 16.6. The molecule has 1 aliphatic rings. The Morgan fingerprint density at radius 1 is 1.11 bits per heavy atom. The van der Waals surface area contributed by atoms with Gasteiger partial charge in [-0.15, -0.1) is 22.7 Å². The second kappa shape index (κ2) is 8.07. The molecule has 1 amide bonds. The van der Waals surface area contributed by atoms with E-state index in [-0.39, 0.29) is 11.6 Å². The first-order valence-electron chi connectivity index (χ1n) is 8.85. The number of thiophene rings is 1. The van der Waals surface area contributed by atoms with Crippen LogP contribution in [0.2, 0.25) is 0 Å². The third-order valence-electron chi connectivity index (χ3n) is 4.67. The van der Waals surface area contributed by atoms with Crippen molar-refractivity contribution in [3.05, 3.63) is 63.0 Å². The number of aromatic nitrogens is 1. The zero-order chi connectivity index (χ0) is 19.5. The fraction of sp³-hybridized carbons (Fsp3) is 0.263. The lowest BCUT2D eigenvalue weighted by Crippen LogP contribution is -2.49. The fourth-order valence-corrected chi connectivity index (χ4v) is 4.80. The molecule has 7 nitrogen and oxygen atoms in total. The number of thiazole rings is 1. The summed E-state index contributed by atoms with van der Waals surface area (Å²) in [4.78, 5) is 32.7. The van der Waals surface area contributed by atoms with Gasteiger partial charge in [-0.05, 0) is 23.6 Å². The maximum atomic E-state index is 12.6. The summed E-state index contributed by atoms with van der Waals surface area (Å²) in [6, 6.07) is 10.6. The number of nitrogens with zero attached hydrogens (tertiary/aromatic N) is 4. The first-order valence-corrected chi connectivity index (χ1v) is 10.6. The quantitative estimate of drug-likeness (QED) is 0.470. The van der Waals surface area contributed by atoms with Crippen molar-refractivity contribution in [2.24, 2.45) is 0 Å². The summed E-state index contributed by atoms with van der Waals surface area (Å²) in [5.41, 5.74) is 1.84. The number of nitro benzene ring substituents is 1. The Kier molecular flexibility index (Phi) is 5.36. The molecule has 0 aliphatic carbocycles. The molecule has 2 aromatic heterocycles. The topological polar surface area (TPSA) is 79.6 Å². The molecule has 1 aromatic carbocycles. The minimum absolute atomic E-state index is 0.0859. The molecule has 1 fully saturated rings. The van der Waals surface area contributed by atoms with Gasteiger partial charge in [0.25, 0.3) is 5.69 Å². The number of carbonyl (C=O) groups is 1. The standard InChI is InChI=1S/C19H18N4O3S2/c24-18(12-14-13-28-19(20-14)17-2-1-11-27-17)22-9-7-21(8-10-22)15-3-5-16(6-4-15)23(25)26/h1-6,11,13H,7-10,12H2. The Morgan fingerprint density at radius 2 is 1.86 bits per heavy atom. The molecule has 0 bridgehead atoms. The third-order valence-corrected chi connectivity index (χ3v) is 6.60. The molecule has 0 saturated carbocycles. The molecule has 144 valence electrons. The van der Waals surface area contributed by atoms with Crippen molar-refractivity contribution in [1.82, 2.24) is 9.88 Å². The largest absolute Gasteiger partial charge is 0.368 e. The Balaban J connectivity index is 1.32. The Labute approximate surface area is 170 Å². The predicted octanol–water partition coefficient (Wildman–Crippen LogP) is 3.67. The van der Waals surface area contributed by atoms with Crippen LogP contribution in [0.25, 0.3) is 9.88 Å². The van der Waals surface area contributed by atoms with Gasteiger partial charge in [-0.2, -0.15) is 0 Å². The van der Waals surface area contributed by atoms with Crippen molar-refractivity contribution in [1.29, 1.82) is 0 Å². The van der Waals surface area contributed by atoms with Gasteiger partial charge in [0.15, 0.2) is 0 Å². The van der Waals surface area contributed by atoms with Gasteiger partial charge in [-0.25, -0.2) is 4.98 Å². The average molecular weight is 415 g/mol. The Bertz CT molecular complexity index is 961. The average Bonchev–Trinajstić information content (AvgIpc) is 3.40. The summed E-state index contributed by atoms with van der Waals surface area (Å²) in [6.45, 7) is 2.69. The van der Waals surface area contributed by atoms with Gasteiger partial charge in [0, 0.05) is 49.4 Å². The number of hydrogen-bond donors (Lipinski definition) is 0. The van der Waals surface area contributed by atoms with Crippen LogP contribution in [0.1, 0.15) is 5.69 Å². The second-order valence-electron chi connectivity index (χ2n) is 6.44. The molecule has 1 aliphatic heterocycles. The highest BCUT2D eigenvalue weighted by atomic mass is 32.1. The van der Waals surface area contributed by atoms with Crippen LogP contribution in [0.15, 0.2) is 47.2 Å². The van der Waals surface area contributed by atoms with Gasteiger partial charge in [0.2, 0.25) is 5.91 Å². The summed E-state index contributed by atoms with van der Waals surface area (Å²) in [7, 11) is 0. The van der Waals surface area contributed by atoms with E-state index in [9.17, 15) is 14.9 Å². The monoisotopic (exact) mass is 414 g/mol. The molecule has 4 rings (SSSR count). The van der Waals surface area contributed by atoms with E-state index in [1.165, 1.54) is 12.1 Å². The number of anilines is 1. The molecule has 0 N–H and O–H groups in total. The van der Waals surface area contributed by atoms with Crippen LogP contribution in [0.3, 0.4) is 0 Å². The van der Waals surface area contributed by atoms with E-state index >= 15 is 0 Å². The van der Waals surface area contributed by atoms with Crippen LogP contribution >= 0.6 is 22.7 Å². The van der Waals surface area contributed by atoms with E-state index in [0.717, 1.165) is 21.3 Å². The molecule has 0 atom stereocenters. The van der Waals surface area contributed by atoms with Crippen LogP contribution < -0.4 is 4.90 Å². The van der Waals surface area contributed by atoms with Crippen molar-refractivity contribution in [3.8, 4) is 9.88 Å². The van der Waals surface area contributed by atoms with Crippen LogP contribution in [0.4, 0.5) is 11.4 Å². The van der Waals surface area contributed by atoms with Gasteiger partial charge in [-0.3, -0.25) is 14.9 Å². The Hall–Kier alpha value is -2.78. The Morgan fingerprint density at radius 3 is 2.50 bits per heavy atom. The smallest absolute Gasteiger partial charge is 0.269 e. The van der Waals surface area contributed by atoms with Crippen molar-refractivity contribution in [3.63, 3.8) is 0 Å². The van der Waals surface area contributed by atoms with Gasteiger partial charge < -0.3 is 9.80 Å². The SMILES string of the molecule is O=C(Cc1csc(-c2cccs2)n1)N1CCN(c2ccc([N+](=O)[O-])cc2)CC1. The maximum absolute atomic E-state index is 12.6. The second-order valence-corrected chi connectivity index (χ2v) is 8.25. The number of carbonyl (C=O) groups excluding carboxylic acids is 1. The van der Waals surface area contributed by atoms with Crippen molar-refractivity contribution in [2.75, 3.05) is 31.1 Å². The third kappa shape index (κ3) is 4.05. The molecule has 3 aromatic rings. The van der Waals surface area contributed by atoms with Crippen LogP contribution in [0.5, 0.6) is 0 Å². The summed E-state index contributed by atoms with van der Waals surface area (Å²) in [5.74, 6) is 0.0892. The van der Waals surface area contributed by atoms with Gasteiger partial charge in [-0.1, -0.05) is 6.07 Å². The molecule has 9 heteroatoms. The first-order chi connectivity index (χ1) is 13.6. The normalized spacial score (nSPS) is 14.3. The highest BCUT2D eigenvalue weighted by Gasteiger charge is 2.22. The lowest BCUT2D eigenvalue weighted by Gasteiger charge is -2.36. The number of nitro groups is 1. The van der Waals surface area contributed by atoms with Gasteiger partial charge in [0.1, 0.15) is 5.01 Å². The van der Waals surface area contributed by atoms with Crippen molar-refractivity contribution < 1.29 is 9.72 Å². The first kappa shape index (κ1) is 18.6. The summed E-state index contributed by atoms with van der Waals surface area (Å²) < 4.78 is 0. The minimum Gasteiger partial charge on any atom is -0.368 e. The van der Waals surface area contributed by atoms with E-state index in [0.29, 0.717) is 32.6 Å². The van der Waals surface area contributed by atoms with Crippen LogP contribution in [-0.2, 0) is 11.2 Å². The highest BCUT2D eigenvalue weighted by molar-refractivity contribution is 7.20. The molecular formula is C19H18N4O3S2. The number of amides is 1. The highest BCUT2D eigenvalue weighted by Crippen LogP contribution is 2.28. The summed E-state index contributed by atoms with van der Waals surface area (Å²) in [5, 5.41) is 15.7. The van der Waals surface area contributed by atoms with E-state index in [2.05, 4.69) is 9.88 Å². The van der Waals surface area contributed by atoms with E-state index < -0.39 is 4.92 Å². The molecule has 0 spiro atoms. The lowest BCUT2D eigenvalue weighted by atomic mass is 10.2. The van der Waals surface area contributed by atoms with Gasteiger partial charge >= 0.3 is 0 Å². The number of hydrogen-bond acceptors (Lipinski definition) is 7. The van der Waals surface area contributed by atoms with E-state index in [1.807, 2.05) is 27.8 Å². The number of benzene rings is 1. The summed E-state index contributed by atoms with van der Waals surface area (Å²) >= 11 is 3.22. The molecule has 28 heavy (non-hydrogen) atoms.